The van der Waals surface area contributed by atoms with Gasteiger partial charge in [0.1, 0.15) is 22.3 Å². The van der Waals surface area contributed by atoms with Crippen molar-refractivity contribution in [2.24, 2.45) is 0 Å². The Morgan fingerprint density at radius 1 is 0.647 bits per heavy atom. The summed E-state index contributed by atoms with van der Waals surface area (Å²) in [6, 6.07) is 14.4. The SMILES string of the molecule is O=C(NCCO)c1cc2ccc3oc4cc(C(=O)NCCO)cc5ccc6oc(c1)c2c3-c6c54. The van der Waals surface area contributed by atoms with Crippen LogP contribution in [0.2, 0.25) is 0 Å². The Kier molecular flexibility index (Phi) is 4.65. The topological polar surface area (TPSA) is 125 Å². The van der Waals surface area contributed by atoms with Gasteiger partial charge in [0.15, 0.2) is 0 Å². The molecule has 2 aliphatic heterocycles. The van der Waals surface area contributed by atoms with Gasteiger partial charge in [-0.05, 0) is 47.2 Å². The van der Waals surface area contributed by atoms with E-state index in [1.54, 1.807) is 24.3 Å². The van der Waals surface area contributed by atoms with Gasteiger partial charge in [0.2, 0.25) is 0 Å². The van der Waals surface area contributed by atoms with E-state index in [-0.39, 0.29) is 38.1 Å². The summed E-state index contributed by atoms with van der Waals surface area (Å²) >= 11 is 0. The average molecular weight is 456 g/mol. The van der Waals surface area contributed by atoms with E-state index in [4.69, 9.17) is 19.0 Å². The van der Waals surface area contributed by atoms with Crippen molar-refractivity contribution in [3.63, 3.8) is 0 Å². The summed E-state index contributed by atoms with van der Waals surface area (Å²) in [4.78, 5) is 25.0. The van der Waals surface area contributed by atoms with Crippen LogP contribution >= 0.6 is 0 Å². The van der Waals surface area contributed by atoms with Gasteiger partial charge in [0.05, 0.1) is 13.2 Å². The molecule has 8 heteroatoms. The summed E-state index contributed by atoms with van der Waals surface area (Å²) < 4.78 is 12.5. The number of hydrogen-bond donors (Lipinski definition) is 4. The Morgan fingerprint density at radius 2 is 1.09 bits per heavy atom. The number of hydrogen-bond acceptors (Lipinski definition) is 6. The zero-order chi connectivity index (χ0) is 23.4. The van der Waals surface area contributed by atoms with Crippen LogP contribution in [0.15, 0.2) is 57.4 Å². The highest BCUT2D eigenvalue weighted by atomic mass is 16.3. The number of benzene rings is 4. The molecule has 0 spiro atoms. The molecular formula is C26H20N2O6. The maximum absolute atomic E-state index is 12.5. The van der Waals surface area contributed by atoms with Crippen molar-refractivity contribution in [3.8, 4) is 11.1 Å². The molecule has 2 aliphatic rings. The molecule has 170 valence electrons. The smallest absolute Gasteiger partial charge is 0.251 e. The Morgan fingerprint density at radius 3 is 1.50 bits per heavy atom. The van der Waals surface area contributed by atoms with E-state index in [9.17, 15) is 9.59 Å². The van der Waals surface area contributed by atoms with E-state index in [1.165, 1.54) is 0 Å². The summed E-state index contributed by atoms with van der Waals surface area (Å²) in [7, 11) is 0. The Labute approximate surface area is 192 Å². The molecule has 0 aromatic heterocycles. The van der Waals surface area contributed by atoms with Crippen LogP contribution in [0, 0.1) is 0 Å². The summed E-state index contributed by atoms with van der Waals surface area (Å²) in [5, 5.41) is 26.7. The zero-order valence-corrected chi connectivity index (χ0v) is 18.0. The van der Waals surface area contributed by atoms with Crippen molar-refractivity contribution in [1.82, 2.24) is 10.6 Å². The first-order chi connectivity index (χ1) is 16.6. The molecule has 0 saturated carbocycles. The number of aliphatic hydroxyl groups excluding tert-OH is 2. The third-order valence-electron chi connectivity index (χ3n) is 6.10. The second-order valence-corrected chi connectivity index (χ2v) is 8.19. The minimum Gasteiger partial charge on any atom is -0.456 e. The van der Waals surface area contributed by atoms with Gasteiger partial charge in [-0.2, -0.15) is 0 Å². The fourth-order valence-electron chi connectivity index (χ4n) is 4.69. The number of carbonyl (C=O) groups is 2. The van der Waals surface area contributed by atoms with Gasteiger partial charge in [-0.3, -0.25) is 9.59 Å². The molecule has 0 unspecified atom stereocenters. The maximum atomic E-state index is 12.5. The van der Waals surface area contributed by atoms with Gasteiger partial charge in [-0.15, -0.1) is 0 Å². The summed E-state index contributed by atoms with van der Waals surface area (Å²) in [5.41, 5.74) is 5.07. The monoisotopic (exact) mass is 456 g/mol. The van der Waals surface area contributed by atoms with Crippen LogP contribution in [0.4, 0.5) is 0 Å². The van der Waals surface area contributed by atoms with Crippen LogP contribution in [0.5, 0.6) is 0 Å². The van der Waals surface area contributed by atoms with Gasteiger partial charge < -0.3 is 29.7 Å². The lowest BCUT2D eigenvalue weighted by molar-refractivity contribution is 0.0937. The molecule has 0 atom stereocenters. The zero-order valence-electron chi connectivity index (χ0n) is 18.0. The Hall–Kier alpha value is -4.14. The molecule has 0 radical (unpaired) electrons. The largest absolute Gasteiger partial charge is 0.456 e. The van der Waals surface area contributed by atoms with Gasteiger partial charge >= 0.3 is 0 Å². The lowest BCUT2D eigenvalue weighted by Gasteiger charge is -2.20. The van der Waals surface area contributed by atoms with Crippen LogP contribution in [-0.4, -0.2) is 48.3 Å². The maximum Gasteiger partial charge on any atom is 0.251 e. The minimum absolute atomic E-state index is 0.138. The third-order valence-corrected chi connectivity index (χ3v) is 6.10. The third kappa shape index (κ3) is 3.00. The molecule has 6 rings (SSSR count). The fourth-order valence-corrected chi connectivity index (χ4v) is 4.69. The fraction of sp³-hybridized carbons (Fsp3) is 0.154. The second-order valence-electron chi connectivity index (χ2n) is 8.19. The number of carbonyl (C=O) groups excluding carboxylic acids is 2. The first-order valence-corrected chi connectivity index (χ1v) is 10.9. The molecule has 4 aromatic carbocycles. The van der Waals surface area contributed by atoms with Crippen LogP contribution in [0.3, 0.4) is 0 Å². The van der Waals surface area contributed by atoms with Crippen LogP contribution in [0.25, 0.3) is 55.0 Å². The van der Waals surface area contributed by atoms with Gasteiger partial charge in [-0.1, -0.05) is 12.1 Å². The lowest BCUT2D eigenvalue weighted by Crippen LogP contribution is -2.26. The first kappa shape index (κ1) is 20.5. The predicted octanol–water partition coefficient (Wildman–Crippen LogP) is 3.47. The highest BCUT2D eigenvalue weighted by Crippen LogP contribution is 2.48. The van der Waals surface area contributed by atoms with Crippen molar-refractivity contribution in [2.75, 3.05) is 26.3 Å². The highest BCUT2D eigenvalue weighted by molar-refractivity contribution is 6.24. The van der Waals surface area contributed by atoms with E-state index >= 15 is 0 Å². The van der Waals surface area contributed by atoms with Crippen molar-refractivity contribution in [1.29, 1.82) is 0 Å². The Bertz CT molecular complexity index is 1550. The van der Waals surface area contributed by atoms with Crippen molar-refractivity contribution in [3.05, 3.63) is 59.7 Å². The molecule has 0 aliphatic carbocycles. The molecule has 8 nitrogen and oxygen atoms in total. The number of amides is 2. The number of aliphatic hydroxyl groups is 2. The van der Waals surface area contributed by atoms with Gasteiger partial charge in [-0.25, -0.2) is 0 Å². The summed E-state index contributed by atoms with van der Waals surface area (Å²) in [6.45, 7) is 0.0631. The van der Waals surface area contributed by atoms with Gasteiger partial charge in [0, 0.05) is 46.1 Å². The number of nitrogens with one attached hydrogen (secondary N) is 2. The van der Waals surface area contributed by atoms with Crippen LogP contribution in [-0.2, 0) is 0 Å². The van der Waals surface area contributed by atoms with Crippen LogP contribution in [0.1, 0.15) is 20.7 Å². The predicted molar refractivity (Wildman–Crippen MR) is 128 cm³/mol. The molecule has 0 saturated heterocycles. The molecule has 4 aromatic rings. The number of rotatable bonds is 6. The minimum atomic E-state index is -0.289. The summed E-state index contributed by atoms with van der Waals surface area (Å²) in [6.07, 6.45) is 0. The lowest BCUT2D eigenvalue weighted by atomic mass is 9.89. The normalized spacial score (nSPS) is 11.9. The van der Waals surface area contributed by atoms with E-state index in [1.807, 2.05) is 24.3 Å². The molecule has 34 heavy (non-hydrogen) atoms. The van der Waals surface area contributed by atoms with E-state index < -0.39 is 0 Å². The molecule has 2 amide bonds. The molecule has 4 N–H and O–H groups in total. The molecule has 0 bridgehead atoms. The summed E-state index contributed by atoms with van der Waals surface area (Å²) in [5.74, 6) is -0.577. The molecule has 0 fully saturated rings. The van der Waals surface area contributed by atoms with Crippen LogP contribution < -0.4 is 10.6 Å². The molecule has 2 heterocycles. The quantitative estimate of drug-likeness (QED) is 0.225. The Balaban J connectivity index is 1.62. The highest BCUT2D eigenvalue weighted by Gasteiger charge is 2.26. The van der Waals surface area contributed by atoms with Gasteiger partial charge in [0.25, 0.3) is 11.8 Å². The van der Waals surface area contributed by atoms with Crippen molar-refractivity contribution >= 4 is 55.7 Å². The van der Waals surface area contributed by atoms with E-state index in [0.717, 1.165) is 32.7 Å². The van der Waals surface area contributed by atoms with E-state index in [2.05, 4.69) is 10.6 Å². The van der Waals surface area contributed by atoms with Crippen molar-refractivity contribution < 1.29 is 28.6 Å². The van der Waals surface area contributed by atoms with E-state index in [0.29, 0.717) is 33.5 Å². The second kappa shape index (κ2) is 7.72. The van der Waals surface area contributed by atoms with Crippen molar-refractivity contribution in [2.45, 2.75) is 0 Å². The molecular weight excluding hydrogens is 436 g/mol. The average Bonchev–Trinajstić information content (AvgIpc) is 2.86. The first-order valence-electron chi connectivity index (χ1n) is 10.9. The standard InChI is InChI=1S/C26H20N2O6/c29-7-5-27-25(31)15-9-13-1-3-17-23-21(13)19(11-15)34-18-4-2-14-10-16(26(32)28-6-8-30)12-20(33-17)22(14)24(18)23/h1-4,9-12,29-30H,5-8H2,(H,27,31)(H,28,32).